The first-order valence-electron chi connectivity index (χ1n) is 16.5. The summed E-state index contributed by atoms with van der Waals surface area (Å²) in [5, 5.41) is 11.1. The van der Waals surface area contributed by atoms with Crippen molar-refractivity contribution in [1.82, 2.24) is 26.2 Å². The average Bonchev–Trinajstić information content (AvgIpc) is 3.66. The van der Waals surface area contributed by atoms with E-state index in [4.69, 9.17) is 0 Å². The van der Waals surface area contributed by atoms with Gasteiger partial charge in [-0.2, -0.15) is 0 Å². The number of hydrogen-bond donors (Lipinski definition) is 4. The van der Waals surface area contributed by atoms with Crippen molar-refractivity contribution in [2.24, 2.45) is 17.3 Å². The summed E-state index contributed by atoms with van der Waals surface area (Å²) < 4.78 is 13.8. The Morgan fingerprint density at radius 2 is 1.61 bits per heavy atom. The SMILES string of the molecule is CN(C(=O)[C@H](NC(=O)C(C)(C)C)C1CCCC1)[C@@H](Cc1ccc(F)cc1)C(=O)N[C@@H](C[C@@H]1CCCNC1=O)C(=O)C(=O)NC1CC1. The summed E-state index contributed by atoms with van der Waals surface area (Å²) in [6.07, 6.45) is 5.99. The van der Waals surface area contributed by atoms with E-state index in [0.717, 1.165) is 38.5 Å². The molecule has 0 unspecified atom stereocenters. The highest BCUT2D eigenvalue weighted by molar-refractivity contribution is 6.38. The Labute approximate surface area is 270 Å². The second-order valence-corrected chi connectivity index (χ2v) is 14.1. The Morgan fingerprint density at radius 1 is 0.957 bits per heavy atom. The maximum absolute atomic E-state index is 14.2. The van der Waals surface area contributed by atoms with E-state index >= 15 is 0 Å². The van der Waals surface area contributed by atoms with Gasteiger partial charge < -0.3 is 26.2 Å². The molecule has 0 radical (unpaired) electrons. The minimum Gasteiger partial charge on any atom is -0.356 e. The number of benzene rings is 1. The fraction of sp³-hybridized carbons (Fsp3) is 0.647. The molecule has 0 spiro atoms. The van der Waals surface area contributed by atoms with Gasteiger partial charge in [-0.1, -0.05) is 45.7 Å². The Morgan fingerprint density at radius 3 is 2.20 bits per heavy atom. The Balaban J connectivity index is 1.62. The molecule has 2 saturated carbocycles. The molecule has 1 heterocycles. The molecule has 1 aromatic rings. The molecule has 1 saturated heterocycles. The van der Waals surface area contributed by atoms with E-state index in [1.54, 1.807) is 20.8 Å². The van der Waals surface area contributed by atoms with E-state index in [2.05, 4.69) is 21.3 Å². The van der Waals surface area contributed by atoms with E-state index < -0.39 is 58.8 Å². The van der Waals surface area contributed by atoms with Gasteiger partial charge in [0, 0.05) is 37.4 Å². The highest BCUT2D eigenvalue weighted by Crippen LogP contribution is 2.30. The minimum atomic E-state index is -1.30. The van der Waals surface area contributed by atoms with Gasteiger partial charge >= 0.3 is 0 Å². The number of likely N-dealkylation sites (N-methyl/N-ethyl adjacent to an activating group) is 1. The lowest BCUT2D eigenvalue weighted by atomic mass is 9.89. The Hall–Kier alpha value is -3.83. The Bertz CT molecular complexity index is 1300. The van der Waals surface area contributed by atoms with E-state index in [9.17, 15) is 33.2 Å². The van der Waals surface area contributed by atoms with Crippen LogP contribution in [0.15, 0.2) is 24.3 Å². The summed E-state index contributed by atoms with van der Waals surface area (Å²) in [6.45, 7) is 5.80. The van der Waals surface area contributed by atoms with Crippen LogP contribution in [0, 0.1) is 23.1 Å². The third kappa shape index (κ3) is 9.35. The topological polar surface area (TPSA) is 154 Å². The van der Waals surface area contributed by atoms with Crippen LogP contribution in [-0.2, 0) is 35.2 Å². The van der Waals surface area contributed by atoms with Crippen LogP contribution in [0.3, 0.4) is 0 Å². The van der Waals surface area contributed by atoms with E-state index in [-0.39, 0.29) is 36.6 Å². The highest BCUT2D eigenvalue weighted by atomic mass is 19.1. The summed E-state index contributed by atoms with van der Waals surface area (Å²) in [5.41, 5.74) is -0.181. The first-order valence-corrected chi connectivity index (χ1v) is 16.5. The molecule has 4 atom stereocenters. The average molecular weight is 642 g/mol. The zero-order valence-electron chi connectivity index (χ0n) is 27.3. The maximum atomic E-state index is 14.2. The van der Waals surface area contributed by atoms with Crippen LogP contribution in [0.2, 0.25) is 0 Å². The minimum absolute atomic E-state index is 0.0158. The molecule has 0 aromatic heterocycles. The van der Waals surface area contributed by atoms with Gasteiger partial charge in [0.25, 0.3) is 5.91 Å². The number of halogens is 1. The fourth-order valence-electron chi connectivity index (χ4n) is 6.14. The summed E-state index contributed by atoms with van der Waals surface area (Å²) in [7, 11) is 1.48. The molecule has 0 bridgehead atoms. The van der Waals surface area contributed by atoms with Gasteiger partial charge in [-0.25, -0.2) is 4.39 Å². The van der Waals surface area contributed by atoms with Crippen molar-refractivity contribution in [2.45, 2.75) is 109 Å². The molecule has 2 aliphatic carbocycles. The third-order valence-corrected chi connectivity index (χ3v) is 9.25. The van der Waals surface area contributed by atoms with Crippen LogP contribution in [0.5, 0.6) is 0 Å². The number of piperidine rings is 1. The number of nitrogens with zero attached hydrogens (tertiary/aromatic N) is 1. The second kappa shape index (κ2) is 15.2. The van der Waals surface area contributed by atoms with Gasteiger partial charge in [0.15, 0.2) is 0 Å². The molecule has 5 amide bonds. The monoisotopic (exact) mass is 641 g/mol. The van der Waals surface area contributed by atoms with E-state index in [1.165, 1.54) is 36.2 Å². The molecule has 3 fully saturated rings. The summed E-state index contributed by atoms with van der Waals surface area (Å²) >= 11 is 0. The van der Waals surface area contributed by atoms with Crippen LogP contribution in [0.25, 0.3) is 0 Å². The van der Waals surface area contributed by atoms with E-state index in [1.807, 2.05) is 0 Å². The lowest BCUT2D eigenvalue weighted by molar-refractivity contribution is -0.145. The summed E-state index contributed by atoms with van der Waals surface area (Å²) in [6, 6.07) is 2.12. The number of Topliss-reactive ketones (excluding diaryl/α,β-unsaturated/α-hetero) is 1. The van der Waals surface area contributed by atoms with Gasteiger partial charge in [0.05, 0.1) is 6.04 Å². The van der Waals surface area contributed by atoms with Gasteiger partial charge in [-0.15, -0.1) is 0 Å². The molecular weight excluding hydrogens is 593 g/mol. The number of rotatable bonds is 13. The van der Waals surface area contributed by atoms with Crippen LogP contribution in [0.4, 0.5) is 4.39 Å². The summed E-state index contributed by atoms with van der Waals surface area (Å²) in [4.78, 5) is 81.5. The van der Waals surface area contributed by atoms with Crippen LogP contribution >= 0.6 is 0 Å². The van der Waals surface area contributed by atoms with Gasteiger partial charge in [-0.05, 0) is 68.6 Å². The largest absolute Gasteiger partial charge is 0.356 e. The fourth-order valence-corrected chi connectivity index (χ4v) is 6.14. The Kier molecular flexibility index (Phi) is 11.6. The molecule has 11 nitrogen and oxygen atoms in total. The molecule has 252 valence electrons. The number of amides is 5. The quantitative estimate of drug-likeness (QED) is 0.242. The molecule has 12 heteroatoms. The lowest BCUT2D eigenvalue weighted by Gasteiger charge is -2.35. The lowest BCUT2D eigenvalue weighted by Crippen LogP contribution is -2.60. The molecule has 4 rings (SSSR count). The van der Waals surface area contributed by atoms with Gasteiger partial charge in [-0.3, -0.25) is 28.8 Å². The van der Waals surface area contributed by atoms with Gasteiger partial charge in [0.1, 0.15) is 17.9 Å². The maximum Gasteiger partial charge on any atom is 0.289 e. The van der Waals surface area contributed by atoms with Crippen molar-refractivity contribution in [3.63, 3.8) is 0 Å². The predicted molar refractivity (Wildman–Crippen MR) is 168 cm³/mol. The van der Waals surface area contributed by atoms with Crippen molar-refractivity contribution >= 4 is 35.3 Å². The molecule has 46 heavy (non-hydrogen) atoms. The predicted octanol–water partition coefficient (Wildman–Crippen LogP) is 2.17. The van der Waals surface area contributed by atoms with Crippen LogP contribution in [-0.4, -0.2) is 78.0 Å². The zero-order chi connectivity index (χ0) is 33.6. The van der Waals surface area contributed by atoms with Gasteiger partial charge in [0.2, 0.25) is 29.4 Å². The molecule has 3 aliphatic rings. The first-order chi connectivity index (χ1) is 21.7. The van der Waals surface area contributed by atoms with Crippen molar-refractivity contribution in [1.29, 1.82) is 0 Å². The normalized spacial score (nSPS) is 20.5. The van der Waals surface area contributed by atoms with Crippen molar-refractivity contribution < 1.29 is 33.2 Å². The van der Waals surface area contributed by atoms with Crippen molar-refractivity contribution in [3.05, 3.63) is 35.6 Å². The van der Waals surface area contributed by atoms with Crippen LogP contribution < -0.4 is 21.3 Å². The standard InChI is InChI=1S/C34H48FN5O6/c1-34(2,3)33(46)39-27(21-8-5-6-9-21)32(45)40(4)26(18-20-11-13-23(35)14-12-20)30(43)38-25(19-22-10-7-17-36-29(22)42)28(41)31(44)37-24-15-16-24/h11-14,21-22,24-27H,5-10,15-19H2,1-4H3,(H,36,42)(H,37,44)(H,38,43)(H,39,46)/t22-,25-,26-,27+/m0/s1. The first kappa shape index (κ1) is 35.0. The second-order valence-electron chi connectivity index (χ2n) is 14.1. The zero-order valence-corrected chi connectivity index (χ0v) is 27.3. The third-order valence-electron chi connectivity index (χ3n) is 9.25. The number of ketones is 1. The van der Waals surface area contributed by atoms with Crippen molar-refractivity contribution in [3.8, 4) is 0 Å². The summed E-state index contributed by atoms with van der Waals surface area (Å²) in [5.74, 6) is -4.50. The van der Waals surface area contributed by atoms with Crippen LogP contribution in [0.1, 0.15) is 84.1 Å². The van der Waals surface area contributed by atoms with E-state index in [0.29, 0.717) is 24.9 Å². The number of carbonyl (C=O) groups excluding carboxylic acids is 6. The number of carbonyl (C=O) groups is 6. The van der Waals surface area contributed by atoms with Crippen molar-refractivity contribution in [2.75, 3.05) is 13.6 Å². The molecule has 1 aromatic carbocycles. The number of hydrogen-bond acceptors (Lipinski definition) is 6. The number of nitrogens with one attached hydrogen (secondary N) is 4. The molecular formula is C34H48FN5O6. The molecule has 4 N–H and O–H groups in total. The highest BCUT2D eigenvalue weighted by Gasteiger charge is 2.41. The molecule has 1 aliphatic heterocycles. The smallest absolute Gasteiger partial charge is 0.289 e.